The molecule has 0 aliphatic heterocycles. The normalized spacial score (nSPS) is 10.9. The quantitative estimate of drug-likeness (QED) is 0.723. The fraction of sp³-hybridized carbons (Fsp3) is 0.500. The molecule has 2 aromatic rings. The summed E-state index contributed by atoms with van der Waals surface area (Å²) < 4.78 is 11.7. The Labute approximate surface area is 98.8 Å². The SMILES string of the molecule is COCCNCc1nc(-c2ccn(C)n2)no1. The molecular formula is C10H15N5O2. The first kappa shape index (κ1) is 11.7. The zero-order valence-corrected chi connectivity index (χ0v) is 9.88. The van der Waals surface area contributed by atoms with Crippen LogP contribution in [0.25, 0.3) is 11.5 Å². The van der Waals surface area contributed by atoms with E-state index < -0.39 is 0 Å². The molecule has 0 amide bonds. The zero-order valence-electron chi connectivity index (χ0n) is 9.88. The number of ether oxygens (including phenoxy) is 1. The lowest BCUT2D eigenvalue weighted by atomic mass is 10.4. The van der Waals surface area contributed by atoms with Crippen LogP contribution in [0.2, 0.25) is 0 Å². The van der Waals surface area contributed by atoms with Crippen molar-refractivity contribution in [1.82, 2.24) is 25.2 Å². The third kappa shape index (κ3) is 3.11. The van der Waals surface area contributed by atoms with E-state index >= 15 is 0 Å². The molecule has 2 aromatic heterocycles. The topological polar surface area (TPSA) is 78.0 Å². The van der Waals surface area contributed by atoms with Crippen LogP contribution in [0.1, 0.15) is 5.89 Å². The lowest BCUT2D eigenvalue weighted by Crippen LogP contribution is -2.18. The van der Waals surface area contributed by atoms with Crippen molar-refractivity contribution in [2.24, 2.45) is 7.05 Å². The van der Waals surface area contributed by atoms with Gasteiger partial charge in [0, 0.05) is 26.9 Å². The predicted molar refractivity (Wildman–Crippen MR) is 60.1 cm³/mol. The number of nitrogens with one attached hydrogen (secondary N) is 1. The van der Waals surface area contributed by atoms with E-state index in [4.69, 9.17) is 9.26 Å². The van der Waals surface area contributed by atoms with E-state index in [0.29, 0.717) is 30.6 Å². The number of hydrogen-bond donors (Lipinski definition) is 1. The molecular weight excluding hydrogens is 222 g/mol. The summed E-state index contributed by atoms with van der Waals surface area (Å²) in [6, 6.07) is 1.84. The molecule has 0 bridgehead atoms. The Morgan fingerprint density at radius 2 is 2.41 bits per heavy atom. The van der Waals surface area contributed by atoms with Crippen molar-refractivity contribution in [2.75, 3.05) is 20.3 Å². The lowest BCUT2D eigenvalue weighted by molar-refractivity contribution is 0.197. The molecule has 2 rings (SSSR count). The highest BCUT2D eigenvalue weighted by atomic mass is 16.5. The van der Waals surface area contributed by atoms with E-state index in [9.17, 15) is 0 Å². The minimum absolute atomic E-state index is 0.508. The standard InChI is InChI=1S/C10H15N5O2/c1-15-5-3-8(13-15)10-12-9(17-14-10)7-11-4-6-16-2/h3,5,11H,4,6-7H2,1-2H3. The molecule has 2 heterocycles. The summed E-state index contributed by atoms with van der Waals surface area (Å²) in [6.45, 7) is 1.93. The van der Waals surface area contributed by atoms with Crippen LogP contribution in [0, 0.1) is 0 Å². The Balaban J connectivity index is 1.92. The molecule has 92 valence electrons. The van der Waals surface area contributed by atoms with E-state index in [0.717, 1.165) is 6.54 Å². The van der Waals surface area contributed by atoms with Gasteiger partial charge in [0.05, 0.1) is 13.2 Å². The molecule has 0 saturated heterocycles. The fourth-order valence-corrected chi connectivity index (χ4v) is 1.33. The van der Waals surface area contributed by atoms with Crippen molar-refractivity contribution >= 4 is 0 Å². The highest BCUT2D eigenvalue weighted by Gasteiger charge is 2.10. The Hall–Kier alpha value is -1.73. The lowest BCUT2D eigenvalue weighted by Gasteiger charge is -1.98. The van der Waals surface area contributed by atoms with Crippen LogP contribution in [-0.4, -0.2) is 40.2 Å². The highest BCUT2D eigenvalue weighted by molar-refractivity contribution is 5.46. The Kier molecular flexibility index (Phi) is 3.84. The van der Waals surface area contributed by atoms with Gasteiger partial charge < -0.3 is 14.6 Å². The van der Waals surface area contributed by atoms with E-state index in [-0.39, 0.29) is 0 Å². The molecule has 0 unspecified atom stereocenters. The van der Waals surface area contributed by atoms with Gasteiger partial charge in [-0.25, -0.2) is 0 Å². The van der Waals surface area contributed by atoms with E-state index in [1.54, 1.807) is 11.8 Å². The van der Waals surface area contributed by atoms with Crippen LogP contribution >= 0.6 is 0 Å². The van der Waals surface area contributed by atoms with Gasteiger partial charge in [-0.3, -0.25) is 4.68 Å². The van der Waals surface area contributed by atoms with Gasteiger partial charge in [-0.1, -0.05) is 5.16 Å². The largest absolute Gasteiger partial charge is 0.383 e. The molecule has 0 atom stereocenters. The maximum Gasteiger partial charge on any atom is 0.240 e. The summed E-state index contributed by atoms with van der Waals surface area (Å²) in [6.07, 6.45) is 1.84. The summed E-state index contributed by atoms with van der Waals surface area (Å²) in [7, 11) is 3.50. The molecule has 0 saturated carbocycles. The Morgan fingerprint density at radius 3 is 3.12 bits per heavy atom. The maximum absolute atomic E-state index is 5.09. The zero-order chi connectivity index (χ0) is 12.1. The summed E-state index contributed by atoms with van der Waals surface area (Å²) in [5.74, 6) is 1.05. The van der Waals surface area contributed by atoms with Crippen molar-refractivity contribution < 1.29 is 9.26 Å². The summed E-state index contributed by atoms with van der Waals surface area (Å²) in [5.41, 5.74) is 0.708. The monoisotopic (exact) mass is 237 g/mol. The molecule has 1 N–H and O–H groups in total. The number of methoxy groups -OCH3 is 1. The maximum atomic E-state index is 5.09. The van der Waals surface area contributed by atoms with Crippen molar-refractivity contribution in [1.29, 1.82) is 0 Å². The van der Waals surface area contributed by atoms with Gasteiger partial charge in [0.15, 0.2) is 0 Å². The second-order valence-electron chi connectivity index (χ2n) is 3.56. The molecule has 0 radical (unpaired) electrons. The van der Waals surface area contributed by atoms with Gasteiger partial charge in [0.2, 0.25) is 11.7 Å². The van der Waals surface area contributed by atoms with Gasteiger partial charge >= 0.3 is 0 Å². The van der Waals surface area contributed by atoms with E-state index in [2.05, 4.69) is 20.6 Å². The number of hydrogen-bond acceptors (Lipinski definition) is 6. The molecule has 0 aromatic carbocycles. The van der Waals surface area contributed by atoms with Crippen molar-refractivity contribution in [3.05, 3.63) is 18.2 Å². The van der Waals surface area contributed by atoms with Crippen molar-refractivity contribution in [2.45, 2.75) is 6.54 Å². The summed E-state index contributed by atoms with van der Waals surface area (Å²) in [4.78, 5) is 4.23. The van der Waals surface area contributed by atoms with Crippen LogP contribution in [0.3, 0.4) is 0 Å². The minimum Gasteiger partial charge on any atom is -0.383 e. The van der Waals surface area contributed by atoms with Crippen LogP contribution in [0.4, 0.5) is 0 Å². The van der Waals surface area contributed by atoms with Gasteiger partial charge in [0.1, 0.15) is 5.69 Å². The average molecular weight is 237 g/mol. The smallest absolute Gasteiger partial charge is 0.240 e. The minimum atomic E-state index is 0.508. The van der Waals surface area contributed by atoms with Gasteiger partial charge in [0.25, 0.3) is 0 Å². The second kappa shape index (κ2) is 5.55. The first-order chi connectivity index (χ1) is 8.29. The first-order valence-corrected chi connectivity index (χ1v) is 5.32. The number of aromatic nitrogens is 4. The van der Waals surface area contributed by atoms with Crippen LogP contribution in [0.15, 0.2) is 16.8 Å². The molecule has 0 aliphatic carbocycles. The third-order valence-electron chi connectivity index (χ3n) is 2.17. The molecule has 7 nitrogen and oxygen atoms in total. The van der Waals surface area contributed by atoms with E-state index in [1.807, 2.05) is 19.3 Å². The average Bonchev–Trinajstić information content (AvgIpc) is 2.93. The number of nitrogens with zero attached hydrogens (tertiary/aromatic N) is 4. The van der Waals surface area contributed by atoms with Crippen LogP contribution in [-0.2, 0) is 18.3 Å². The first-order valence-electron chi connectivity index (χ1n) is 5.32. The van der Waals surface area contributed by atoms with Gasteiger partial charge in [-0.05, 0) is 6.07 Å². The predicted octanol–water partition coefficient (Wildman–Crippen LogP) is 0.206. The molecule has 7 heteroatoms. The Morgan fingerprint density at radius 1 is 1.53 bits per heavy atom. The molecule has 0 spiro atoms. The molecule has 0 aliphatic rings. The van der Waals surface area contributed by atoms with Gasteiger partial charge in [-0.15, -0.1) is 0 Å². The fourth-order valence-electron chi connectivity index (χ4n) is 1.33. The highest BCUT2D eigenvalue weighted by Crippen LogP contribution is 2.11. The second-order valence-corrected chi connectivity index (χ2v) is 3.56. The number of rotatable bonds is 6. The summed E-state index contributed by atoms with van der Waals surface area (Å²) in [5, 5.41) is 11.2. The van der Waals surface area contributed by atoms with E-state index in [1.165, 1.54) is 0 Å². The van der Waals surface area contributed by atoms with Gasteiger partial charge in [-0.2, -0.15) is 10.1 Å². The third-order valence-corrected chi connectivity index (χ3v) is 2.17. The van der Waals surface area contributed by atoms with Crippen molar-refractivity contribution in [3.63, 3.8) is 0 Å². The van der Waals surface area contributed by atoms with Crippen LogP contribution in [0.5, 0.6) is 0 Å². The van der Waals surface area contributed by atoms with Crippen LogP contribution < -0.4 is 5.32 Å². The van der Waals surface area contributed by atoms with Crippen molar-refractivity contribution in [3.8, 4) is 11.5 Å². The molecule has 0 fully saturated rings. The Bertz CT molecular complexity index is 465. The summed E-state index contributed by atoms with van der Waals surface area (Å²) >= 11 is 0. The number of aryl methyl sites for hydroxylation is 1. The molecule has 17 heavy (non-hydrogen) atoms.